The molecule has 0 aliphatic carbocycles. The summed E-state index contributed by atoms with van der Waals surface area (Å²) >= 11 is 0. The zero-order valence-corrected chi connectivity index (χ0v) is 16.8. The van der Waals surface area contributed by atoms with Crippen molar-refractivity contribution in [3.05, 3.63) is 59.4 Å². The van der Waals surface area contributed by atoms with E-state index in [0.29, 0.717) is 24.2 Å². The second-order valence-electron chi connectivity index (χ2n) is 7.04. The summed E-state index contributed by atoms with van der Waals surface area (Å²) in [6.45, 7) is 4.65. The first-order valence-electron chi connectivity index (χ1n) is 9.13. The zero-order chi connectivity index (χ0) is 20.3. The van der Waals surface area contributed by atoms with Crippen molar-refractivity contribution < 1.29 is 17.6 Å². The minimum Gasteiger partial charge on any atom is -0.337 e. The summed E-state index contributed by atoms with van der Waals surface area (Å²) in [5.41, 5.74) is 1.13. The number of nitrogens with zero attached hydrogens (tertiary/aromatic N) is 2. The lowest BCUT2D eigenvalue weighted by Crippen LogP contribution is -2.34. The molecule has 0 bridgehead atoms. The van der Waals surface area contributed by atoms with Crippen LogP contribution < -0.4 is 4.72 Å². The van der Waals surface area contributed by atoms with E-state index in [0.717, 1.165) is 19.5 Å². The summed E-state index contributed by atoms with van der Waals surface area (Å²) in [6, 6.07) is 9.77. The molecule has 1 saturated heterocycles. The predicted octanol–water partition coefficient (Wildman–Crippen LogP) is 2.71. The highest BCUT2D eigenvalue weighted by Crippen LogP contribution is 2.22. The number of sulfonamides is 1. The number of likely N-dealkylation sites (N-methyl/N-ethyl adjacent to an activating group) is 1. The van der Waals surface area contributed by atoms with Crippen LogP contribution in [0.4, 0.5) is 10.1 Å². The molecule has 1 aliphatic rings. The molecule has 0 unspecified atom stereocenters. The van der Waals surface area contributed by atoms with Crippen LogP contribution in [0.15, 0.2) is 47.4 Å². The number of halogens is 1. The van der Waals surface area contributed by atoms with Crippen LogP contribution in [0.25, 0.3) is 0 Å². The molecular weight excluding hydrogens is 381 g/mol. The number of nitrogens with one attached hydrogen (secondary N) is 1. The normalized spacial score (nSPS) is 15.9. The van der Waals surface area contributed by atoms with Crippen LogP contribution in [0.5, 0.6) is 0 Å². The molecule has 150 valence electrons. The van der Waals surface area contributed by atoms with E-state index in [-0.39, 0.29) is 16.5 Å². The van der Waals surface area contributed by atoms with Gasteiger partial charge in [0.25, 0.3) is 15.9 Å². The fourth-order valence-corrected chi connectivity index (χ4v) is 4.51. The SMILES string of the molecule is Cc1ccc(C(=O)N2CCCN(C)CC2)cc1S(=O)(=O)Nc1ccc(F)cc1. The number of rotatable bonds is 4. The summed E-state index contributed by atoms with van der Waals surface area (Å²) in [4.78, 5) is 16.9. The third-order valence-electron chi connectivity index (χ3n) is 4.83. The standard InChI is InChI=1S/C20H24FN3O3S/c1-15-4-5-16(20(25)24-11-3-10-23(2)12-13-24)14-19(15)28(26,27)22-18-8-6-17(21)7-9-18/h4-9,14,22H,3,10-13H2,1-2H3. The van der Waals surface area contributed by atoms with Gasteiger partial charge in [0.05, 0.1) is 4.90 Å². The highest BCUT2D eigenvalue weighted by atomic mass is 32.2. The molecule has 1 N–H and O–H groups in total. The largest absolute Gasteiger partial charge is 0.337 e. The van der Waals surface area contributed by atoms with Gasteiger partial charge in [-0.3, -0.25) is 9.52 Å². The Morgan fingerprint density at radius 2 is 1.75 bits per heavy atom. The fraction of sp³-hybridized carbons (Fsp3) is 0.350. The molecule has 1 aliphatic heterocycles. The number of hydrogen-bond acceptors (Lipinski definition) is 4. The van der Waals surface area contributed by atoms with Gasteiger partial charge in [0.15, 0.2) is 0 Å². The highest BCUT2D eigenvalue weighted by Gasteiger charge is 2.23. The average Bonchev–Trinajstić information content (AvgIpc) is 2.87. The van der Waals surface area contributed by atoms with Gasteiger partial charge in [-0.05, 0) is 68.9 Å². The molecule has 2 aromatic rings. The van der Waals surface area contributed by atoms with Crippen LogP contribution in [0.1, 0.15) is 22.3 Å². The van der Waals surface area contributed by atoms with Gasteiger partial charge >= 0.3 is 0 Å². The van der Waals surface area contributed by atoms with E-state index >= 15 is 0 Å². The smallest absolute Gasteiger partial charge is 0.262 e. The van der Waals surface area contributed by atoms with Crippen molar-refractivity contribution in [1.82, 2.24) is 9.80 Å². The third kappa shape index (κ3) is 4.69. The summed E-state index contributed by atoms with van der Waals surface area (Å²) in [5.74, 6) is -0.622. The number of carbonyl (C=O) groups is 1. The van der Waals surface area contributed by atoms with Crippen LogP contribution in [-0.2, 0) is 10.0 Å². The molecule has 0 saturated carbocycles. The summed E-state index contributed by atoms with van der Waals surface area (Å²) in [7, 11) is -1.89. The Hall–Kier alpha value is -2.45. The molecule has 8 heteroatoms. The van der Waals surface area contributed by atoms with Gasteiger partial charge in [0.1, 0.15) is 5.82 Å². The van der Waals surface area contributed by atoms with E-state index in [1.165, 1.54) is 30.3 Å². The van der Waals surface area contributed by atoms with Crippen LogP contribution in [0, 0.1) is 12.7 Å². The van der Waals surface area contributed by atoms with Crippen LogP contribution in [-0.4, -0.2) is 57.4 Å². The zero-order valence-electron chi connectivity index (χ0n) is 16.0. The van der Waals surface area contributed by atoms with Gasteiger partial charge in [0.2, 0.25) is 0 Å². The maximum Gasteiger partial charge on any atom is 0.262 e. The molecule has 28 heavy (non-hydrogen) atoms. The molecule has 0 radical (unpaired) electrons. The second-order valence-corrected chi connectivity index (χ2v) is 8.69. The first-order valence-corrected chi connectivity index (χ1v) is 10.6. The topological polar surface area (TPSA) is 69.7 Å². The Kier molecular flexibility index (Phi) is 6.00. The summed E-state index contributed by atoms with van der Waals surface area (Å²) < 4.78 is 41.1. The Balaban J connectivity index is 1.86. The molecule has 1 heterocycles. The second kappa shape index (κ2) is 8.28. The summed E-state index contributed by atoms with van der Waals surface area (Å²) in [5, 5.41) is 0. The third-order valence-corrected chi connectivity index (χ3v) is 6.35. The average molecular weight is 405 g/mol. The molecule has 0 spiro atoms. The number of carbonyl (C=O) groups excluding carboxylic acids is 1. The van der Waals surface area contributed by atoms with Gasteiger partial charge < -0.3 is 9.80 Å². The maximum absolute atomic E-state index is 13.1. The van der Waals surface area contributed by atoms with E-state index in [1.807, 2.05) is 7.05 Å². The van der Waals surface area contributed by atoms with Crippen molar-refractivity contribution >= 4 is 21.6 Å². The number of hydrogen-bond donors (Lipinski definition) is 1. The van der Waals surface area contributed by atoms with Crippen molar-refractivity contribution in [2.24, 2.45) is 0 Å². The molecule has 0 aromatic heterocycles. The Labute approximate surface area is 165 Å². The lowest BCUT2D eigenvalue weighted by Gasteiger charge is -2.21. The number of benzene rings is 2. The lowest BCUT2D eigenvalue weighted by molar-refractivity contribution is 0.0762. The molecular formula is C20H24FN3O3S. The van der Waals surface area contributed by atoms with Crippen molar-refractivity contribution in [3.63, 3.8) is 0 Å². The molecule has 2 aromatic carbocycles. The van der Waals surface area contributed by atoms with Crippen molar-refractivity contribution in [2.45, 2.75) is 18.2 Å². The van der Waals surface area contributed by atoms with Gasteiger partial charge in [-0.25, -0.2) is 12.8 Å². The van der Waals surface area contributed by atoms with Gasteiger partial charge in [-0.1, -0.05) is 6.07 Å². The minimum atomic E-state index is -3.91. The predicted molar refractivity (Wildman–Crippen MR) is 106 cm³/mol. The molecule has 1 amide bonds. The molecule has 0 atom stereocenters. The Morgan fingerprint density at radius 3 is 2.46 bits per heavy atom. The molecule has 6 nitrogen and oxygen atoms in total. The van der Waals surface area contributed by atoms with Gasteiger partial charge in [-0.2, -0.15) is 0 Å². The number of anilines is 1. The van der Waals surface area contributed by atoms with Crippen LogP contribution in [0.3, 0.4) is 0 Å². The van der Waals surface area contributed by atoms with E-state index in [9.17, 15) is 17.6 Å². The van der Waals surface area contributed by atoms with E-state index in [2.05, 4.69) is 9.62 Å². The van der Waals surface area contributed by atoms with Crippen molar-refractivity contribution in [3.8, 4) is 0 Å². The van der Waals surface area contributed by atoms with E-state index < -0.39 is 15.8 Å². The molecule has 1 fully saturated rings. The first kappa shape index (κ1) is 20.3. The monoisotopic (exact) mass is 405 g/mol. The van der Waals surface area contributed by atoms with Crippen LogP contribution >= 0.6 is 0 Å². The quantitative estimate of drug-likeness (QED) is 0.849. The van der Waals surface area contributed by atoms with Gasteiger partial charge in [0, 0.05) is 30.9 Å². The van der Waals surface area contributed by atoms with E-state index in [1.54, 1.807) is 24.0 Å². The number of amides is 1. The van der Waals surface area contributed by atoms with Crippen LogP contribution in [0.2, 0.25) is 0 Å². The number of aryl methyl sites for hydroxylation is 1. The van der Waals surface area contributed by atoms with Crippen molar-refractivity contribution in [2.75, 3.05) is 37.9 Å². The minimum absolute atomic E-state index is 0.0367. The van der Waals surface area contributed by atoms with Gasteiger partial charge in [-0.15, -0.1) is 0 Å². The Morgan fingerprint density at radius 1 is 1.04 bits per heavy atom. The fourth-order valence-electron chi connectivity index (χ4n) is 3.18. The van der Waals surface area contributed by atoms with E-state index in [4.69, 9.17) is 0 Å². The summed E-state index contributed by atoms with van der Waals surface area (Å²) in [6.07, 6.45) is 0.880. The maximum atomic E-state index is 13.1. The molecule has 3 rings (SSSR count). The Bertz CT molecular complexity index is 961. The lowest BCUT2D eigenvalue weighted by atomic mass is 10.1. The highest BCUT2D eigenvalue weighted by molar-refractivity contribution is 7.92. The first-order chi connectivity index (χ1) is 13.3. The van der Waals surface area contributed by atoms with Crippen molar-refractivity contribution in [1.29, 1.82) is 0 Å².